The molecule has 1 aromatic heterocycles. The van der Waals surface area contributed by atoms with Gasteiger partial charge in [-0.15, -0.1) is 0 Å². The van der Waals surface area contributed by atoms with Gasteiger partial charge < -0.3 is 0 Å². The molecule has 1 heterocycles. The summed E-state index contributed by atoms with van der Waals surface area (Å²) >= 11 is 0. The van der Waals surface area contributed by atoms with Crippen molar-refractivity contribution in [1.82, 2.24) is 15.0 Å². The van der Waals surface area contributed by atoms with Crippen LogP contribution < -0.4 is 0 Å². The molecule has 0 aliphatic heterocycles. The van der Waals surface area contributed by atoms with Crippen molar-refractivity contribution in [2.75, 3.05) is 0 Å². The Hall–Kier alpha value is -5.93. The molecule has 258 valence electrons. The van der Waals surface area contributed by atoms with Crippen molar-refractivity contribution >= 4 is 21.5 Å². The molecule has 0 unspecified atom stereocenters. The van der Waals surface area contributed by atoms with Crippen LogP contribution in [0, 0.1) is 23.7 Å². The molecule has 0 radical (unpaired) electrons. The molecule has 7 aromatic carbocycles. The summed E-state index contributed by atoms with van der Waals surface area (Å²) in [7, 11) is 0. The summed E-state index contributed by atoms with van der Waals surface area (Å²) in [6.07, 6.45) is 6.93. The summed E-state index contributed by atoms with van der Waals surface area (Å²) < 4.78 is 0. The van der Waals surface area contributed by atoms with Crippen LogP contribution in [-0.2, 0) is 5.41 Å². The summed E-state index contributed by atoms with van der Waals surface area (Å²) in [6.45, 7) is 0. The largest absolute Gasteiger partial charge is 0.208 e. The molecular formula is C51H39N3. The van der Waals surface area contributed by atoms with Crippen molar-refractivity contribution in [3.8, 4) is 56.4 Å². The molecule has 3 heteroatoms. The number of hydrogen-bond donors (Lipinski definition) is 0. The molecule has 4 fully saturated rings. The van der Waals surface area contributed by atoms with Crippen LogP contribution in [0.1, 0.15) is 43.2 Å². The molecule has 1 spiro atoms. The topological polar surface area (TPSA) is 38.7 Å². The fourth-order valence-corrected chi connectivity index (χ4v) is 11.6. The maximum absolute atomic E-state index is 5.30. The SMILES string of the molecule is c1ccc(-c2ccc(-c3nc(-c4ccc5c(c4)-c4cc6ccccc6cc4C54C5CC6CC(C5)CC4C6)nc(-c4cccc5ccccc45)n3)cc2)cc1. The smallest absolute Gasteiger partial charge is 0.164 e. The summed E-state index contributed by atoms with van der Waals surface area (Å²) in [4.78, 5) is 15.8. The van der Waals surface area contributed by atoms with E-state index in [2.05, 4.69) is 152 Å². The standard InChI is InChI=1S/C51H39N3/c1-2-9-33(10-3-1)34-17-19-36(20-18-34)48-52-49(54-50(53-48)43-16-8-14-35-11-6-7-15-42(35)43)39-21-22-46-44(29-39)45-28-37-12-4-5-13-38(37)30-47(45)51(46)40-24-31-23-32(26-40)27-41(51)25-31/h1-22,28-32,40-41H,23-27H2. The van der Waals surface area contributed by atoms with Gasteiger partial charge in [-0.2, -0.15) is 0 Å². The lowest BCUT2D eigenvalue weighted by molar-refractivity contribution is -0.0398. The first-order valence-corrected chi connectivity index (χ1v) is 19.8. The average Bonchev–Trinajstić information content (AvgIpc) is 3.50. The highest BCUT2D eigenvalue weighted by Crippen LogP contribution is 2.69. The van der Waals surface area contributed by atoms with Crippen molar-refractivity contribution in [1.29, 1.82) is 0 Å². The van der Waals surface area contributed by atoms with Crippen LogP contribution in [0.2, 0.25) is 0 Å². The van der Waals surface area contributed by atoms with Gasteiger partial charge in [0.1, 0.15) is 0 Å². The monoisotopic (exact) mass is 693 g/mol. The van der Waals surface area contributed by atoms with Crippen LogP contribution >= 0.6 is 0 Å². The quantitative estimate of drug-likeness (QED) is 0.184. The highest BCUT2D eigenvalue weighted by atomic mass is 15.0. The maximum Gasteiger partial charge on any atom is 0.164 e. The predicted octanol–water partition coefficient (Wildman–Crippen LogP) is 12.6. The Labute approximate surface area is 315 Å². The molecule has 54 heavy (non-hydrogen) atoms. The zero-order valence-corrected chi connectivity index (χ0v) is 30.1. The minimum atomic E-state index is 0.0967. The van der Waals surface area contributed by atoms with E-state index < -0.39 is 0 Å². The molecule has 8 aromatic rings. The van der Waals surface area contributed by atoms with E-state index in [1.807, 2.05) is 0 Å². The lowest BCUT2D eigenvalue weighted by Gasteiger charge is -2.61. The van der Waals surface area contributed by atoms with Crippen LogP contribution in [-0.4, -0.2) is 15.0 Å². The molecule has 5 aliphatic carbocycles. The second-order valence-electron chi connectivity index (χ2n) is 16.5. The number of hydrogen-bond acceptors (Lipinski definition) is 3. The Bertz CT molecular complexity index is 2750. The van der Waals surface area contributed by atoms with Crippen LogP contribution in [0.5, 0.6) is 0 Å². The molecule has 4 saturated carbocycles. The normalized spacial score (nSPS) is 23.3. The van der Waals surface area contributed by atoms with E-state index in [4.69, 9.17) is 15.0 Å². The van der Waals surface area contributed by atoms with E-state index in [1.165, 1.54) is 70.5 Å². The van der Waals surface area contributed by atoms with E-state index in [0.29, 0.717) is 29.3 Å². The molecular weight excluding hydrogens is 655 g/mol. The van der Waals surface area contributed by atoms with Crippen molar-refractivity contribution in [2.24, 2.45) is 23.7 Å². The van der Waals surface area contributed by atoms with Crippen LogP contribution in [0.4, 0.5) is 0 Å². The van der Waals surface area contributed by atoms with Crippen molar-refractivity contribution in [3.63, 3.8) is 0 Å². The second-order valence-corrected chi connectivity index (χ2v) is 16.5. The summed E-state index contributed by atoms with van der Waals surface area (Å²) in [5.74, 6) is 5.33. The third-order valence-electron chi connectivity index (χ3n) is 13.7. The van der Waals surface area contributed by atoms with Crippen LogP contribution in [0.15, 0.2) is 152 Å². The minimum Gasteiger partial charge on any atom is -0.208 e. The number of nitrogens with zero attached hydrogens (tertiary/aromatic N) is 3. The summed E-state index contributed by atoms with van der Waals surface area (Å²) in [5.41, 5.74) is 11.4. The Morgan fingerprint density at radius 3 is 1.69 bits per heavy atom. The van der Waals surface area contributed by atoms with E-state index in [9.17, 15) is 0 Å². The number of aromatic nitrogens is 3. The first-order valence-electron chi connectivity index (χ1n) is 19.8. The minimum absolute atomic E-state index is 0.0967. The van der Waals surface area contributed by atoms with E-state index >= 15 is 0 Å². The van der Waals surface area contributed by atoms with Gasteiger partial charge in [-0.05, 0) is 129 Å². The zero-order chi connectivity index (χ0) is 35.4. The second kappa shape index (κ2) is 11.5. The van der Waals surface area contributed by atoms with Crippen molar-refractivity contribution in [3.05, 3.63) is 163 Å². The third kappa shape index (κ3) is 4.45. The molecule has 0 N–H and O–H groups in total. The predicted molar refractivity (Wildman–Crippen MR) is 220 cm³/mol. The molecule has 4 bridgehead atoms. The van der Waals surface area contributed by atoms with Crippen molar-refractivity contribution in [2.45, 2.75) is 37.5 Å². The first-order chi connectivity index (χ1) is 26.7. The molecule has 0 saturated heterocycles. The lowest BCUT2D eigenvalue weighted by atomic mass is 9.43. The molecule has 3 nitrogen and oxygen atoms in total. The molecule has 5 aliphatic rings. The zero-order valence-electron chi connectivity index (χ0n) is 30.1. The lowest BCUT2D eigenvalue weighted by Crippen LogP contribution is -2.55. The van der Waals surface area contributed by atoms with Crippen LogP contribution in [0.25, 0.3) is 78.0 Å². The van der Waals surface area contributed by atoms with E-state index in [0.717, 1.165) is 33.9 Å². The van der Waals surface area contributed by atoms with Crippen LogP contribution in [0.3, 0.4) is 0 Å². The highest BCUT2D eigenvalue weighted by Gasteiger charge is 2.61. The van der Waals surface area contributed by atoms with Gasteiger partial charge >= 0.3 is 0 Å². The average molecular weight is 694 g/mol. The molecule has 0 atom stereocenters. The summed E-state index contributed by atoms with van der Waals surface area (Å²) in [6, 6.07) is 55.3. The van der Waals surface area contributed by atoms with Gasteiger partial charge in [0.2, 0.25) is 0 Å². The van der Waals surface area contributed by atoms with E-state index in [-0.39, 0.29) is 5.41 Å². The number of fused-ring (bicyclic) bond motifs is 5. The molecule has 0 amide bonds. The fraction of sp³-hybridized carbons (Fsp3) is 0.196. The van der Waals surface area contributed by atoms with Gasteiger partial charge in [-0.25, -0.2) is 15.0 Å². The number of rotatable bonds is 4. The third-order valence-corrected chi connectivity index (χ3v) is 13.7. The van der Waals surface area contributed by atoms with Gasteiger partial charge in [-0.1, -0.05) is 133 Å². The first kappa shape index (κ1) is 30.5. The van der Waals surface area contributed by atoms with E-state index in [1.54, 1.807) is 11.1 Å². The molecule has 13 rings (SSSR count). The Balaban J connectivity index is 1.06. The van der Waals surface area contributed by atoms with Gasteiger partial charge in [-0.3, -0.25) is 0 Å². The Morgan fingerprint density at radius 1 is 0.370 bits per heavy atom. The van der Waals surface area contributed by atoms with Gasteiger partial charge in [0.25, 0.3) is 0 Å². The highest BCUT2D eigenvalue weighted by molar-refractivity contribution is 5.96. The van der Waals surface area contributed by atoms with Gasteiger partial charge in [0.15, 0.2) is 17.5 Å². The van der Waals surface area contributed by atoms with Gasteiger partial charge in [0, 0.05) is 22.1 Å². The van der Waals surface area contributed by atoms with Gasteiger partial charge in [0.05, 0.1) is 0 Å². The fourth-order valence-electron chi connectivity index (χ4n) is 11.6. The summed E-state index contributed by atoms with van der Waals surface area (Å²) in [5, 5.41) is 4.99. The number of benzene rings is 7. The Kier molecular flexibility index (Phi) is 6.52. The van der Waals surface area contributed by atoms with Crippen molar-refractivity contribution < 1.29 is 0 Å². The maximum atomic E-state index is 5.30. The Morgan fingerprint density at radius 2 is 0.926 bits per heavy atom.